The summed E-state index contributed by atoms with van der Waals surface area (Å²) in [6.45, 7) is 8.07. The molecule has 0 saturated carbocycles. The number of hydrogen-bond acceptors (Lipinski definition) is 8. The third kappa shape index (κ3) is 3.39. The summed E-state index contributed by atoms with van der Waals surface area (Å²) >= 11 is 0. The minimum absolute atomic E-state index is 0.0363. The molecule has 3 aromatic rings. The molecule has 0 N–H and O–H groups in total. The highest BCUT2D eigenvalue weighted by Crippen LogP contribution is 2.28. The summed E-state index contributed by atoms with van der Waals surface area (Å²) in [5.41, 5.74) is 0.584. The lowest BCUT2D eigenvalue weighted by Crippen LogP contribution is -2.47. The maximum absolute atomic E-state index is 13.0. The second kappa shape index (κ2) is 6.69. The number of halogens is 3. The zero-order valence-corrected chi connectivity index (χ0v) is 15.6. The molecule has 1 fully saturated rings. The van der Waals surface area contributed by atoms with Crippen LogP contribution in [-0.4, -0.2) is 60.8 Å². The van der Waals surface area contributed by atoms with E-state index < -0.39 is 12.0 Å². The Labute approximate surface area is 158 Å². The lowest BCUT2D eigenvalue weighted by Gasteiger charge is -2.37. The highest BCUT2D eigenvalue weighted by molar-refractivity contribution is 5.48. The van der Waals surface area contributed by atoms with Crippen LogP contribution in [-0.2, 0) is 6.18 Å². The Morgan fingerprint density at radius 2 is 1.79 bits per heavy atom. The fraction of sp³-hybridized carbons (Fsp3) is 0.562. The summed E-state index contributed by atoms with van der Waals surface area (Å²) in [6, 6.07) is 1.69. The summed E-state index contributed by atoms with van der Waals surface area (Å²) in [5, 5.41) is 7.45. The SMILES string of the molecule is Cc1cc(N2CCN(C(C)c3nc(C)no3)CC2)n2nc(C(F)(F)F)nc2n1. The molecule has 1 aliphatic rings. The van der Waals surface area contributed by atoms with Gasteiger partial charge in [-0.05, 0) is 20.8 Å². The first-order valence-corrected chi connectivity index (χ1v) is 8.83. The molecular formula is C16H19F3N8O. The monoisotopic (exact) mass is 396 g/mol. The van der Waals surface area contributed by atoms with Gasteiger partial charge in [0.15, 0.2) is 5.82 Å². The van der Waals surface area contributed by atoms with E-state index in [1.165, 1.54) is 0 Å². The first kappa shape index (κ1) is 18.6. The number of anilines is 1. The molecule has 3 aromatic heterocycles. The molecule has 1 unspecified atom stereocenters. The van der Waals surface area contributed by atoms with Crippen LogP contribution in [0.4, 0.5) is 19.0 Å². The van der Waals surface area contributed by atoms with Gasteiger partial charge in [-0.1, -0.05) is 5.16 Å². The molecule has 0 aromatic carbocycles. The van der Waals surface area contributed by atoms with E-state index >= 15 is 0 Å². The van der Waals surface area contributed by atoms with Crippen molar-refractivity contribution in [2.45, 2.75) is 33.0 Å². The number of piperazine rings is 1. The van der Waals surface area contributed by atoms with Crippen LogP contribution in [0, 0.1) is 13.8 Å². The molecule has 1 saturated heterocycles. The predicted octanol–water partition coefficient (Wildman–Crippen LogP) is 2.03. The van der Waals surface area contributed by atoms with E-state index in [0.717, 1.165) is 4.52 Å². The first-order valence-electron chi connectivity index (χ1n) is 8.83. The molecule has 4 rings (SSSR count). The van der Waals surface area contributed by atoms with Crippen molar-refractivity contribution >= 4 is 11.6 Å². The van der Waals surface area contributed by atoms with Crippen LogP contribution in [0.15, 0.2) is 10.6 Å². The molecule has 1 atom stereocenters. The van der Waals surface area contributed by atoms with Crippen LogP contribution in [0.2, 0.25) is 0 Å². The highest BCUT2D eigenvalue weighted by Gasteiger charge is 2.37. The van der Waals surface area contributed by atoms with Gasteiger partial charge in [-0.25, -0.2) is 4.98 Å². The smallest absolute Gasteiger partial charge is 0.354 e. The van der Waals surface area contributed by atoms with Crippen LogP contribution in [0.1, 0.15) is 36.2 Å². The Morgan fingerprint density at radius 1 is 1.07 bits per heavy atom. The average molecular weight is 396 g/mol. The molecule has 1 aliphatic heterocycles. The highest BCUT2D eigenvalue weighted by atomic mass is 19.4. The van der Waals surface area contributed by atoms with Gasteiger partial charge in [0.05, 0.1) is 6.04 Å². The Bertz CT molecular complexity index is 990. The summed E-state index contributed by atoms with van der Waals surface area (Å²) in [6.07, 6.45) is -4.62. The Hall–Kier alpha value is -2.76. The predicted molar refractivity (Wildman–Crippen MR) is 91.8 cm³/mol. The quantitative estimate of drug-likeness (QED) is 0.665. The fourth-order valence-corrected chi connectivity index (χ4v) is 3.29. The molecule has 150 valence electrons. The lowest BCUT2D eigenvalue weighted by atomic mass is 10.2. The third-order valence-corrected chi connectivity index (χ3v) is 4.76. The molecule has 0 bridgehead atoms. The molecule has 0 spiro atoms. The first-order chi connectivity index (χ1) is 13.2. The van der Waals surface area contributed by atoms with Crippen molar-refractivity contribution in [3.8, 4) is 0 Å². The Balaban J connectivity index is 1.56. The van der Waals surface area contributed by atoms with Crippen LogP contribution in [0.25, 0.3) is 5.78 Å². The molecule has 0 aliphatic carbocycles. The van der Waals surface area contributed by atoms with Crippen molar-refractivity contribution in [2.24, 2.45) is 0 Å². The van der Waals surface area contributed by atoms with Gasteiger partial charge in [0.2, 0.25) is 5.89 Å². The topological polar surface area (TPSA) is 88.5 Å². The molecule has 4 heterocycles. The van der Waals surface area contributed by atoms with E-state index in [-0.39, 0.29) is 11.8 Å². The second-order valence-electron chi connectivity index (χ2n) is 6.78. The largest absolute Gasteiger partial charge is 0.453 e. The van der Waals surface area contributed by atoms with Gasteiger partial charge >= 0.3 is 6.18 Å². The van der Waals surface area contributed by atoms with Crippen LogP contribution in [0.3, 0.4) is 0 Å². The van der Waals surface area contributed by atoms with E-state index in [9.17, 15) is 13.2 Å². The number of nitrogens with zero attached hydrogens (tertiary/aromatic N) is 8. The van der Waals surface area contributed by atoms with Crippen molar-refractivity contribution in [3.63, 3.8) is 0 Å². The maximum atomic E-state index is 13.0. The van der Waals surface area contributed by atoms with E-state index in [1.54, 1.807) is 19.9 Å². The molecule has 0 radical (unpaired) electrons. The van der Waals surface area contributed by atoms with Crippen LogP contribution in [0.5, 0.6) is 0 Å². The van der Waals surface area contributed by atoms with Crippen molar-refractivity contribution in [1.29, 1.82) is 0 Å². The van der Waals surface area contributed by atoms with Gasteiger partial charge in [0.1, 0.15) is 5.82 Å². The molecular weight excluding hydrogens is 377 g/mol. The van der Waals surface area contributed by atoms with Crippen molar-refractivity contribution in [3.05, 3.63) is 29.3 Å². The number of aromatic nitrogens is 6. The molecule has 12 heteroatoms. The standard InChI is InChI=1S/C16H19F3N8O/c1-9-8-12(27-15(20-9)22-14(23-27)16(17,18)19)26-6-4-25(5-7-26)10(2)13-21-11(3)24-28-13/h8,10H,4-7H2,1-3H3. The van der Waals surface area contributed by atoms with Gasteiger partial charge in [0, 0.05) is 37.9 Å². The fourth-order valence-electron chi connectivity index (χ4n) is 3.29. The van der Waals surface area contributed by atoms with E-state index in [1.807, 2.05) is 11.8 Å². The second-order valence-corrected chi connectivity index (χ2v) is 6.78. The van der Waals surface area contributed by atoms with Crippen molar-refractivity contribution < 1.29 is 17.7 Å². The number of alkyl halides is 3. The minimum atomic E-state index is -4.62. The van der Waals surface area contributed by atoms with Crippen molar-refractivity contribution in [1.82, 2.24) is 34.6 Å². The summed E-state index contributed by atoms with van der Waals surface area (Å²) in [7, 11) is 0. The Morgan fingerprint density at radius 3 is 2.39 bits per heavy atom. The summed E-state index contributed by atoms with van der Waals surface area (Å²) < 4.78 is 45.4. The van der Waals surface area contributed by atoms with Gasteiger partial charge in [-0.2, -0.15) is 27.7 Å². The number of rotatable bonds is 3. The van der Waals surface area contributed by atoms with Crippen LogP contribution < -0.4 is 4.90 Å². The normalized spacial score (nSPS) is 17.4. The minimum Gasteiger partial charge on any atom is -0.354 e. The maximum Gasteiger partial charge on any atom is 0.453 e. The third-order valence-electron chi connectivity index (χ3n) is 4.76. The Kier molecular flexibility index (Phi) is 4.44. The average Bonchev–Trinajstić information content (AvgIpc) is 3.26. The van der Waals surface area contributed by atoms with Gasteiger partial charge in [0.25, 0.3) is 11.6 Å². The molecule has 0 amide bonds. The molecule has 9 nitrogen and oxygen atoms in total. The number of fused-ring (bicyclic) bond motifs is 1. The summed E-state index contributed by atoms with van der Waals surface area (Å²) in [5.74, 6) is 0.442. The summed E-state index contributed by atoms with van der Waals surface area (Å²) in [4.78, 5) is 16.1. The lowest BCUT2D eigenvalue weighted by molar-refractivity contribution is -0.144. The van der Waals surface area contributed by atoms with Crippen LogP contribution >= 0.6 is 0 Å². The van der Waals surface area contributed by atoms with E-state index in [2.05, 4.69) is 30.1 Å². The zero-order chi connectivity index (χ0) is 20.1. The van der Waals surface area contributed by atoms with Gasteiger partial charge in [-0.15, -0.1) is 5.10 Å². The molecule has 28 heavy (non-hydrogen) atoms. The number of hydrogen-bond donors (Lipinski definition) is 0. The van der Waals surface area contributed by atoms with Gasteiger partial charge in [-0.3, -0.25) is 4.90 Å². The van der Waals surface area contributed by atoms with E-state index in [0.29, 0.717) is 49.4 Å². The van der Waals surface area contributed by atoms with Crippen molar-refractivity contribution in [2.75, 3.05) is 31.1 Å². The van der Waals surface area contributed by atoms with E-state index in [4.69, 9.17) is 4.52 Å². The zero-order valence-electron chi connectivity index (χ0n) is 15.6. The number of aryl methyl sites for hydroxylation is 2. The van der Waals surface area contributed by atoms with Gasteiger partial charge < -0.3 is 9.42 Å².